The van der Waals surface area contributed by atoms with Crippen molar-refractivity contribution in [3.8, 4) is 18.4 Å². The van der Waals surface area contributed by atoms with Gasteiger partial charge in [0.15, 0.2) is 0 Å². The van der Waals surface area contributed by atoms with Gasteiger partial charge >= 0.3 is 0 Å². The molecule has 0 spiro atoms. The van der Waals surface area contributed by atoms with Gasteiger partial charge in [-0.25, -0.2) is 4.98 Å². The predicted octanol–water partition coefficient (Wildman–Crippen LogP) is 2.97. The van der Waals surface area contributed by atoms with Crippen molar-refractivity contribution in [2.24, 2.45) is 0 Å². The van der Waals surface area contributed by atoms with E-state index < -0.39 is 5.54 Å². The molecule has 4 nitrogen and oxygen atoms in total. The third-order valence-electron chi connectivity index (χ3n) is 3.63. The molecule has 0 saturated carbocycles. The quantitative estimate of drug-likeness (QED) is 0.647. The lowest BCUT2D eigenvalue weighted by atomic mass is 9.94. The number of hydrogen-bond donors (Lipinski definition) is 1. The summed E-state index contributed by atoms with van der Waals surface area (Å²) in [5.74, 6) is 2.72. The number of nitriles is 1. The van der Waals surface area contributed by atoms with Gasteiger partial charge in [-0.05, 0) is 38.3 Å². The Labute approximate surface area is 136 Å². The highest BCUT2D eigenvalue weighted by atomic mass is 32.2. The van der Waals surface area contributed by atoms with E-state index in [2.05, 4.69) is 22.3 Å². The van der Waals surface area contributed by atoms with Gasteiger partial charge in [-0.3, -0.25) is 4.79 Å². The summed E-state index contributed by atoms with van der Waals surface area (Å²) >= 11 is 1.27. The summed E-state index contributed by atoms with van der Waals surface area (Å²) in [6.45, 7) is 7.65. The minimum absolute atomic E-state index is 0.142. The van der Waals surface area contributed by atoms with E-state index in [0.29, 0.717) is 23.4 Å². The second kappa shape index (κ2) is 7.87. The van der Waals surface area contributed by atoms with Crippen molar-refractivity contribution < 1.29 is 4.79 Å². The molecule has 1 rings (SSSR count). The fourth-order valence-corrected chi connectivity index (χ4v) is 3.05. The lowest BCUT2D eigenvalue weighted by Crippen LogP contribution is -2.47. The molecule has 1 N–H and O–H groups in total. The Balaban J connectivity index is 2.82. The zero-order valence-electron chi connectivity index (χ0n) is 13.5. The van der Waals surface area contributed by atoms with Crippen molar-refractivity contribution in [3.05, 3.63) is 22.9 Å². The summed E-state index contributed by atoms with van der Waals surface area (Å²) in [6.07, 6.45) is 6.91. The number of thioether (sulfide) groups is 1. The van der Waals surface area contributed by atoms with Crippen molar-refractivity contribution in [1.82, 2.24) is 10.3 Å². The van der Waals surface area contributed by atoms with Crippen LogP contribution in [0.2, 0.25) is 0 Å². The van der Waals surface area contributed by atoms with Crippen LogP contribution in [0.5, 0.6) is 0 Å². The fourth-order valence-electron chi connectivity index (χ4n) is 2.15. The number of amides is 1. The maximum atomic E-state index is 12.1. The molecule has 0 aromatic carbocycles. The van der Waals surface area contributed by atoms with E-state index in [1.807, 2.05) is 33.8 Å². The summed E-state index contributed by atoms with van der Waals surface area (Å²) < 4.78 is 0. The number of rotatable bonds is 6. The second-order valence-electron chi connectivity index (χ2n) is 5.14. The largest absolute Gasteiger partial charge is 0.339 e. The maximum absolute atomic E-state index is 12.1. The number of pyridine rings is 1. The summed E-state index contributed by atoms with van der Waals surface area (Å²) in [7, 11) is 0. The van der Waals surface area contributed by atoms with Gasteiger partial charge in [-0.1, -0.05) is 31.5 Å². The molecule has 0 radical (unpaired) electrons. The van der Waals surface area contributed by atoms with Crippen LogP contribution in [-0.2, 0) is 4.79 Å². The third kappa shape index (κ3) is 4.26. The number of terminal acetylenes is 1. The molecule has 0 fully saturated rings. The van der Waals surface area contributed by atoms with Gasteiger partial charge in [0, 0.05) is 5.69 Å². The number of nitrogens with one attached hydrogen (secondary N) is 1. The summed E-state index contributed by atoms with van der Waals surface area (Å²) in [6, 6.07) is 4.01. The van der Waals surface area contributed by atoms with Crippen LogP contribution in [0.1, 0.15) is 43.5 Å². The normalized spacial score (nSPS) is 10.6. The van der Waals surface area contributed by atoms with E-state index in [1.54, 1.807) is 0 Å². The molecular formula is C17H21N3OS. The van der Waals surface area contributed by atoms with Crippen LogP contribution < -0.4 is 5.32 Å². The molecule has 1 aromatic heterocycles. The van der Waals surface area contributed by atoms with Crippen molar-refractivity contribution in [3.63, 3.8) is 0 Å². The number of carbonyl (C=O) groups excluding carboxylic acids is 1. The van der Waals surface area contributed by atoms with Crippen LogP contribution in [0.4, 0.5) is 0 Å². The molecule has 116 valence electrons. The monoisotopic (exact) mass is 315 g/mol. The van der Waals surface area contributed by atoms with Gasteiger partial charge in [0.2, 0.25) is 5.91 Å². The minimum Gasteiger partial charge on any atom is -0.339 e. The Bertz CT molecular complexity index is 637. The zero-order chi connectivity index (χ0) is 16.8. The molecule has 5 heteroatoms. The first-order valence-corrected chi connectivity index (χ1v) is 8.19. The molecule has 0 aliphatic carbocycles. The fraction of sp³-hybridized carbons (Fsp3) is 0.471. The molecule has 0 bridgehead atoms. The molecule has 22 heavy (non-hydrogen) atoms. The van der Waals surface area contributed by atoms with Crippen molar-refractivity contribution in [2.45, 2.75) is 51.1 Å². The summed E-state index contributed by atoms with van der Waals surface area (Å²) in [5, 5.41) is 12.7. The SMILES string of the molecule is C#CC(CC)(CC)NC(=O)CSc1nc(C)cc(C)c1C#N. The lowest BCUT2D eigenvalue weighted by Gasteiger charge is -2.26. The summed E-state index contributed by atoms with van der Waals surface area (Å²) in [4.78, 5) is 16.5. The minimum atomic E-state index is -0.592. The number of carbonyl (C=O) groups is 1. The van der Waals surface area contributed by atoms with E-state index in [4.69, 9.17) is 6.42 Å². The number of aryl methyl sites for hydroxylation is 2. The van der Waals surface area contributed by atoms with Crippen LogP contribution >= 0.6 is 11.8 Å². The van der Waals surface area contributed by atoms with Crippen LogP contribution in [0, 0.1) is 37.5 Å². The smallest absolute Gasteiger partial charge is 0.231 e. The lowest BCUT2D eigenvalue weighted by molar-refractivity contribution is -0.119. The first-order valence-electron chi connectivity index (χ1n) is 7.21. The molecule has 0 aliphatic rings. The highest BCUT2D eigenvalue weighted by Crippen LogP contribution is 2.24. The van der Waals surface area contributed by atoms with E-state index in [0.717, 1.165) is 11.3 Å². The standard InChI is InChI=1S/C17H21N3OS/c1-6-17(7-2,8-3)20-15(21)11-22-16-14(10-18)12(4)9-13(5)19-16/h1,9H,7-8,11H2,2-5H3,(H,20,21). The average molecular weight is 315 g/mol. The van der Waals surface area contributed by atoms with Gasteiger partial charge in [0.25, 0.3) is 0 Å². The van der Waals surface area contributed by atoms with E-state index in [1.165, 1.54) is 11.8 Å². The molecule has 1 heterocycles. The Morgan fingerprint density at radius 1 is 1.45 bits per heavy atom. The van der Waals surface area contributed by atoms with E-state index in [-0.39, 0.29) is 11.7 Å². The Kier molecular flexibility index (Phi) is 6.46. The first-order chi connectivity index (χ1) is 10.4. The zero-order valence-corrected chi connectivity index (χ0v) is 14.3. The predicted molar refractivity (Wildman–Crippen MR) is 89.4 cm³/mol. The molecule has 1 amide bonds. The second-order valence-corrected chi connectivity index (χ2v) is 6.11. The average Bonchev–Trinajstić information content (AvgIpc) is 2.50. The number of hydrogen-bond acceptors (Lipinski definition) is 4. The van der Waals surface area contributed by atoms with Crippen LogP contribution in [0.15, 0.2) is 11.1 Å². The van der Waals surface area contributed by atoms with Gasteiger partial charge < -0.3 is 5.32 Å². The highest BCUT2D eigenvalue weighted by molar-refractivity contribution is 8.00. The molecule has 0 aliphatic heterocycles. The maximum Gasteiger partial charge on any atom is 0.231 e. The molecule has 0 saturated heterocycles. The van der Waals surface area contributed by atoms with Gasteiger partial charge in [-0.2, -0.15) is 5.26 Å². The molecule has 0 unspecified atom stereocenters. The molecule has 0 atom stereocenters. The van der Waals surface area contributed by atoms with E-state index in [9.17, 15) is 10.1 Å². The van der Waals surface area contributed by atoms with Crippen molar-refractivity contribution in [2.75, 3.05) is 5.75 Å². The van der Waals surface area contributed by atoms with Crippen molar-refractivity contribution in [1.29, 1.82) is 5.26 Å². The van der Waals surface area contributed by atoms with E-state index >= 15 is 0 Å². The Hall–Kier alpha value is -1.98. The first kappa shape index (κ1) is 18.1. The number of nitrogens with zero attached hydrogens (tertiary/aromatic N) is 2. The van der Waals surface area contributed by atoms with Crippen LogP contribution in [-0.4, -0.2) is 22.2 Å². The third-order valence-corrected chi connectivity index (χ3v) is 4.60. The van der Waals surface area contributed by atoms with Crippen LogP contribution in [0.25, 0.3) is 0 Å². The summed E-state index contributed by atoms with van der Waals surface area (Å²) in [5.41, 5.74) is 1.64. The highest BCUT2D eigenvalue weighted by Gasteiger charge is 2.25. The number of aromatic nitrogens is 1. The van der Waals surface area contributed by atoms with Crippen molar-refractivity contribution >= 4 is 17.7 Å². The van der Waals surface area contributed by atoms with Gasteiger partial charge in [0.05, 0.1) is 11.3 Å². The Morgan fingerprint density at radius 3 is 2.59 bits per heavy atom. The van der Waals surface area contributed by atoms with Gasteiger partial charge in [-0.15, -0.1) is 6.42 Å². The van der Waals surface area contributed by atoms with Gasteiger partial charge in [0.1, 0.15) is 16.6 Å². The van der Waals surface area contributed by atoms with Crippen LogP contribution in [0.3, 0.4) is 0 Å². The molecule has 1 aromatic rings. The molecular weight excluding hydrogens is 294 g/mol. The Morgan fingerprint density at radius 2 is 2.09 bits per heavy atom. The topological polar surface area (TPSA) is 65.8 Å².